The maximum Gasteiger partial charge on any atom is 0.278 e. The molecule has 144 valence electrons. The second-order valence-corrected chi connectivity index (χ2v) is 7.23. The predicted molar refractivity (Wildman–Crippen MR) is 103 cm³/mol. The van der Waals surface area contributed by atoms with Crippen molar-refractivity contribution in [3.63, 3.8) is 0 Å². The van der Waals surface area contributed by atoms with Crippen LogP contribution in [-0.2, 0) is 4.79 Å². The van der Waals surface area contributed by atoms with E-state index in [1.54, 1.807) is 12.4 Å². The number of likely N-dealkylation sites (tertiary alicyclic amines) is 1. The van der Waals surface area contributed by atoms with E-state index in [4.69, 9.17) is 4.52 Å². The van der Waals surface area contributed by atoms with Gasteiger partial charge in [0.2, 0.25) is 5.91 Å². The molecule has 1 amide bonds. The molecule has 1 aliphatic heterocycles. The first-order valence-electron chi connectivity index (χ1n) is 9.58. The van der Waals surface area contributed by atoms with E-state index in [1.165, 1.54) is 0 Å². The van der Waals surface area contributed by atoms with Gasteiger partial charge in [-0.2, -0.15) is 4.98 Å². The van der Waals surface area contributed by atoms with Crippen LogP contribution in [0, 0.1) is 6.92 Å². The third-order valence-corrected chi connectivity index (χ3v) is 5.28. The van der Waals surface area contributed by atoms with Crippen molar-refractivity contribution in [1.82, 2.24) is 25.0 Å². The highest BCUT2D eigenvalue weighted by molar-refractivity contribution is 5.83. The van der Waals surface area contributed by atoms with E-state index in [-0.39, 0.29) is 17.7 Å². The van der Waals surface area contributed by atoms with Crippen LogP contribution in [-0.4, -0.2) is 44.0 Å². The molecule has 4 rings (SSSR count). The molecule has 1 atom stereocenters. The number of aromatic nitrogens is 4. The number of benzene rings is 1. The molecular formula is C21H23N5O2. The minimum atomic E-state index is -0.130. The van der Waals surface area contributed by atoms with E-state index in [1.807, 2.05) is 49.1 Å². The lowest BCUT2D eigenvalue weighted by Gasteiger charge is -2.32. The van der Waals surface area contributed by atoms with Gasteiger partial charge in [0.1, 0.15) is 5.69 Å². The summed E-state index contributed by atoms with van der Waals surface area (Å²) in [6.07, 6.45) is 4.97. The molecule has 3 heterocycles. The smallest absolute Gasteiger partial charge is 0.278 e. The predicted octanol–water partition coefficient (Wildman–Crippen LogP) is 3.34. The number of nitrogens with zero attached hydrogens (tertiary/aromatic N) is 5. The third kappa shape index (κ3) is 3.78. The van der Waals surface area contributed by atoms with Gasteiger partial charge in [-0.25, -0.2) is 4.98 Å². The third-order valence-electron chi connectivity index (χ3n) is 5.28. The Morgan fingerprint density at radius 2 is 1.89 bits per heavy atom. The summed E-state index contributed by atoms with van der Waals surface area (Å²) < 4.78 is 5.37. The zero-order valence-corrected chi connectivity index (χ0v) is 16.1. The van der Waals surface area contributed by atoms with E-state index in [9.17, 15) is 4.79 Å². The molecule has 7 heteroatoms. The molecule has 0 aliphatic carbocycles. The molecule has 2 aromatic heterocycles. The molecule has 0 saturated carbocycles. The Balaban J connectivity index is 1.38. The van der Waals surface area contributed by atoms with Crippen LogP contribution in [0.1, 0.15) is 48.7 Å². The maximum atomic E-state index is 12.8. The van der Waals surface area contributed by atoms with Crippen molar-refractivity contribution in [3.05, 3.63) is 59.8 Å². The van der Waals surface area contributed by atoms with Gasteiger partial charge < -0.3 is 9.42 Å². The fourth-order valence-corrected chi connectivity index (χ4v) is 3.52. The van der Waals surface area contributed by atoms with Gasteiger partial charge in [0.25, 0.3) is 5.89 Å². The number of hydrogen-bond donors (Lipinski definition) is 0. The van der Waals surface area contributed by atoms with Gasteiger partial charge in [-0.3, -0.25) is 9.78 Å². The van der Waals surface area contributed by atoms with Crippen molar-refractivity contribution in [1.29, 1.82) is 0 Å². The quantitative estimate of drug-likeness (QED) is 0.693. The average Bonchev–Trinajstić information content (AvgIpc) is 3.24. The highest BCUT2D eigenvalue weighted by atomic mass is 16.5. The largest absolute Gasteiger partial charge is 0.342 e. The number of amides is 1. The van der Waals surface area contributed by atoms with Crippen LogP contribution in [0.2, 0.25) is 0 Å². The minimum absolute atomic E-state index is 0.130. The van der Waals surface area contributed by atoms with Gasteiger partial charge in [-0.1, -0.05) is 35.5 Å². The van der Waals surface area contributed by atoms with Crippen molar-refractivity contribution in [3.8, 4) is 11.6 Å². The van der Waals surface area contributed by atoms with Crippen LogP contribution in [0.25, 0.3) is 11.6 Å². The second kappa shape index (κ2) is 7.88. The van der Waals surface area contributed by atoms with Crippen LogP contribution in [0.3, 0.4) is 0 Å². The van der Waals surface area contributed by atoms with Crippen LogP contribution in [0.15, 0.2) is 47.2 Å². The van der Waals surface area contributed by atoms with Crippen LogP contribution in [0.4, 0.5) is 0 Å². The molecule has 1 fully saturated rings. The molecule has 1 saturated heterocycles. The Labute approximate surface area is 163 Å². The molecule has 0 bridgehead atoms. The summed E-state index contributed by atoms with van der Waals surface area (Å²) >= 11 is 0. The summed E-state index contributed by atoms with van der Waals surface area (Å²) in [6, 6.07) is 9.91. The van der Waals surface area contributed by atoms with Crippen LogP contribution >= 0.6 is 0 Å². The lowest BCUT2D eigenvalue weighted by Crippen LogP contribution is -2.40. The molecule has 28 heavy (non-hydrogen) atoms. The highest BCUT2D eigenvalue weighted by Crippen LogP contribution is 2.29. The van der Waals surface area contributed by atoms with Gasteiger partial charge in [0.05, 0.1) is 17.8 Å². The SMILES string of the molecule is Cc1cnc(-c2nc(C3CCN(C(=O)C(C)c4ccccc4)CC3)no2)cn1. The van der Waals surface area contributed by atoms with Crippen LogP contribution < -0.4 is 0 Å². The molecule has 1 unspecified atom stereocenters. The van der Waals surface area contributed by atoms with Crippen molar-refractivity contribution in [2.45, 2.75) is 38.5 Å². The zero-order valence-electron chi connectivity index (χ0n) is 16.1. The molecule has 0 N–H and O–H groups in total. The summed E-state index contributed by atoms with van der Waals surface area (Å²) in [4.78, 5) is 27.8. The topological polar surface area (TPSA) is 85.0 Å². The van der Waals surface area contributed by atoms with Gasteiger partial charge in [0, 0.05) is 25.2 Å². The molecule has 3 aromatic rings. The van der Waals surface area contributed by atoms with Gasteiger partial charge >= 0.3 is 0 Å². The average molecular weight is 377 g/mol. The van der Waals surface area contributed by atoms with Gasteiger partial charge in [-0.05, 0) is 32.3 Å². The monoisotopic (exact) mass is 377 g/mol. The lowest BCUT2D eigenvalue weighted by molar-refractivity contribution is -0.133. The van der Waals surface area contributed by atoms with E-state index < -0.39 is 0 Å². The second-order valence-electron chi connectivity index (χ2n) is 7.23. The Bertz CT molecular complexity index is 931. The van der Waals surface area contributed by atoms with E-state index in [2.05, 4.69) is 20.1 Å². The molecule has 0 spiro atoms. The number of hydrogen-bond acceptors (Lipinski definition) is 6. The molecule has 0 radical (unpaired) electrons. The molecule has 1 aliphatic rings. The van der Waals surface area contributed by atoms with Crippen molar-refractivity contribution >= 4 is 5.91 Å². The molecule has 7 nitrogen and oxygen atoms in total. The fraction of sp³-hybridized carbons (Fsp3) is 0.381. The first kappa shape index (κ1) is 18.3. The van der Waals surface area contributed by atoms with Gasteiger partial charge in [0.15, 0.2) is 5.82 Å². The Kier molecular flexibility index (Phi) is 5.14. The molecule has 1 aromatic carbocycles. The normalized spacial score (nSPS) is 16.1. The maximum absolute atomic E-state index is 12.8. The van der Waals surface area contributed by atoms with E-state index in [0.717, 1.165) is 24.1 Å². The first-order valence-corrected chi connectivity index (χ1v) is 9.58. The molecular weight excluding hydrogens is 354 g/mol. The zero-order chi connectivity index (χ0) is 19.5. The van der Waals surface area contributed by atoms with Crippen molar-refractivity contribution in [2.24, 2.45) is 0 Å². The minimum Gasteiger partial charge on any atom is -0.342 e. The van der Waals surface area contributed by atoms with Crippen molar-refractivity contribution in [2.75, 3.05) is 13.1 Å². The summed E-state index contributed by atoms with van der Waals surface area (Å²) in [5.74, 6) is 1.30. The van der Waals surface area contributed by atoms with Gasteiger partial charge in [-0.15, -0.1) is 0 Å². The fourth-order valence-electron chi connectivity index (χ4n) is 3.52. The summed E-state index contributed by atoms with van der Waals surface area (Å²) in [5.41, 5.74) is 2.47. The standard InChI is InChI=1S/C21H23N5O2/c1-14-12-23-18(13-22-14)20-24-19(25-28-20)17-8-10-26(11-9-17)21(27)15(2)16-6-4-3-5-7-16/h3-7,12-13,15,17H,8-11H2,1-2H3. The lowest BCUT2D eigenvalue weighted by atomic mass is 9.93. The Hall–Kier alpha value is -3.09. The number of carbonyl (C=O) groups is 1. The number of carbonyl (C=O) groups excluding carboxylic acids is 1. The first-order chi connectivity index (χ1) is 13.6. The Morgan fingerprint density at radius 3 is 2.57 bits per heavy atom. The summed E-state index contributed by atoms with van der Waals surface area (Å²) in [5, 5.41) is 4.13. The van der Waals surface area contributed by atoms with Crippen LogP contribution in [0.5, 0.6) is 0 Å². The summed E-state index contributed by atoms with van der Waals surface area (Å²) in [7, 11) is 0. The van der Waals surface area contributed by atoms with E-state index in [0.29, 0.717) is 30.5 Å². The van der Waals surface area contributed by atoms with E-state index >= 15 is 0 Å². The highest BCUT2D eigenvalue weighted by Gasteiger charge is 2.29. The summed E-state index contributed by atoms with van der Waals surface area (Å²) in [6.45, 7) is 5.26. The van der Waals surface area contributed by atoms with Crippen molar-refractivity contribution < 1.29 is 9.32 Å². The number of piperidine rings is 1. The Morgan fingerprint density at radius 1 is 1.14 bits per heavy atom. The number of rotatable bonds is 4. The number of aryl methyl sites for hydroxylation is 1.